The van der Waals surface area contributed by atoms with Crippen LogP contribution in [-0.4, -0.2) is 56.2 Å². The van der Waals surface area contributed by atoms with Gasteiger partial charge in [0.15, 0.2) is 0 Å². The molecule has 1 fully saturated rings. The molecule has 9 heteroatoms. The Morgan fingerprint density at radius 2 is 1.82 bits per heavy atom. The van der Waals surface area contributed by atoms with Crippen LogP contribution in [0, 0.1) is 0 Å². The summed E-state index contributed by atoms with van der Waals surface area (Å²) in [6.07, 6.45) is -0.178. The number of benzene rings is 1. The third-order valence-corrected chi connectivity index (χ3v) is 5.26. The summed E-state index contributed by atoms with van der Waals surface area (Å²) in [5.74, 6) is 1.01. The van der Waals surface area contributed by atoms with Crippen molar-refractivity contribution >= 4 is 17.9 Å². The molecule has 0 bridgehead atoms. The number of ether oxygens (including phenoxy) is 5. The van der Waals surface area contributed by atoms with Crippen molar-refractivity contribution in [1.29, 1.82) is 0 Å². The van der Waals surface area contributed by atoms with Gasteiger partial charge in [0.05, 0.1) is 51.3 Å². The van der Waals surface area contributed by atoms with E-state index in [1.165, 1.54) is 12.0 Å². The second kappa shape index (κ2) is 9.89. The summed E-state index contributed by atoms with van der Waals surface area (Å²) in [6.45, 7) is 8.01. The summed E-state index contributed by atoms with van der Waals surface area (Å²) < 4.78 is 26.9. The van der Waals surface area contributed by atoms with Gasteiger partial charge in [-0.15, -0.1) is 0 Å². The van der Waals surface area contributed by atoms with Gasteiger partial charge in [-0.3, -0.25) is 4.90 Å². The number of carbonyl (C=O) groups excluding carboxylic acids is 2. The maximum atomic E-state index is 13.3. The van der Waals surface area contributed by atoms with E-state index in [1.54, 1.807) is 59.3 Å². The van der Waals surface area contributed by atoms with Crippen LogP contribution < -0.4 is 14.4 Å². The fraction of sp³-hybridized carbons (Fsp3) is 0.480. The number of nitrogens with zero attached hydrogens (tertiary/aromatic N) is 2. The molecule has 1 aliphatic heterocycles. The van der Waals surface area contributed by atoms with Crippen molar-refractivity contribution in [2.24, 2.45) is 0 Å². The number of hydrogen-bond donors (Lipinski definition) is 0. The number of rotatable bonds is 8. The van der Waals surface area contributed by atoms with Gasteiger partial charge in [-0.25, -0.2) is 14.6 Å². The first-order chi connectivity index (χ1) is 16.0. The van der Waals surface area contributed by atoms with Crippen LogP contribution in [0.3, 0.4) is 0 Å². The van der Waals surface area contributed by atoms with E-state index in [-0.39, 0.29) is 6.54 Å². The average molecular weight is 473 g/mol. The summed E-state index contributed by atoms with van der Waals surface area (Å²) in [5, 5.41) is 0. The molecule has 1 amide bonds. The Labute approximate surface area is 199 Å². The normalized spacial score (nSPS) is 17.0. The predicted molar refractivity (Wildman–Crippen MR) is 126 cm³/mol. The number of hydrogen-bond acceptors (Lipinski definition) is 8. The molecule has 1 saturated heterocycles. The molecule has 9 nitrogen and oxygen atoms in total. The van der Waals surface area contributed by atoms with E-state index in [0.717, 1.165) is 5.56 Å². The maximum absolute atomic E-state index is 13.3. The zero-order valence-corrected chi connectivity index (χ0v) is 20.8. The number of anilines is 1. The SMILES string of the molecule is COC(=O)c1ccc(N(Cc2ccc(OC)cc2OC)C(=O)OC(C)(C)C)nc1CC1(C)CO1. The molecule has 1 atom stereocenters. The fourth-order valence-corrected chi connectivity index (χ4v) is 3.36. The molecule has 1 unspecified atom stereocenters. The Hall–Kier alpha value is -3.33. The molecule has 1 aliphatic rings. The second-order valence-corrected chi connectivity index (χ2v) is 9.31. The highest BCUT2D eigenvalue weighted by molar-refractivity contribution is 5.92. The number of aromatic nitrogens is 1. The third-order valence-electron chi connectivity index (χ3n) is 5.26. The molecule has 34 heavy (non-hydrogen) atoms. The van der Waals surface area contributed by atoms with Crippen molar-refractivity contribution in [2.45, 2.75) is 51.9 Å². The molecule has 0 aliphatic carbocycles. The van der Waals surface area contributed by atoms with Gasteiger partial charge in [0, 0.05) is 18.1 Å². The lowest BCUT2D eigenvalue weighted by Gasteiger charge is -2.28. The number of esters is 1. The predicted octanol–water partition coefficient (Wildman–Crippen LogP) is 4.16. The van der Waals surface area contributed by atoms with Crippen LogP contribution in [0.2, 0.25) is 0 Å². The van der Waals surface area contributed by atoms with E-state index in [4.69, 9.17) is 23.7 Å². The van der Waals surface area contributed by atoms with Crippen molar-refractivity contribution in [3.05, 3.63) is 47.2 Å². The average Bonchev–Trinajstić information content (AvgIpc) is 3.51. The van der Waals surface area contributed by atoms with Crippen molar-refractivity contribution in [1.82, 2.24) is 4.98 Å². The van der Waals surface area contributed by atoms with Crippen LogP contribution in [0.15, 0.2) is 30.3 Å². The van der Waals surface area contributed by atoms with Gasteiger partial charge in [0.1, 0.15) is 22.9 Å². The molecule has 0 N–H and O–H groups in total. The zero-order chi connectivity index (χ0) is 25.1. The first-order valence-corrected chi connectivity index (χ1v) is 10.9. The van der Waals surface area contributed by atoms with E-state index in [2.05, 4.69) is 4.98 Å². The smallest absolute Gasteiger partial charge is 0.416 e. The number of carbonyl (C=O) groups is 2. The van der Waals surface area contributed by atoms with Crippen LogP contribution >= 0.6 is 0 Å². The lowest BCUT2D eigenvalue weighted by molar-refractivity contribution is 0.0574. The number of amides is 1. The van der Waals surface area contributed by atoms with Crippen molar-refractivity contribution < 1.29 is 33.3 Å². The van der Waals surface area contributed by atoms with E-state index in [9.17, 15) is 9.59 Å². The molecule has 3 rings (SSSR count). The second-order valence-electron chi connectivity index (χ2n) is 9.31. The Balaban J connectivity index is 2.04. The lowest BCUT2D eigenvalue weighted by atomic mass is 10.0. The minimum atomic E-state index is -0.719. The standard InChI is InChI=1S/C25H32N2O7/c1-24(2,3)34-23(29)27(14-16-8-9-17(30-5)12-20(16)31-6)21-11-10-18(22(28)32-7)19(26-21)13-25(4)15-33-25/h8-12H,13-15H2,1-7H3. The zero-order valence-electron chi connectivity index (χ0n) is 20.8. The molecule has 1 aromatic heterocycles. The Bertz CT molecular complexity index is 1060. The Morgan fingerprint density at radius 1 is 1.12 bits per heavy atom. The van der Waals surface area contributed by atoms with Crippen molar-refractivity contribution in [2.75, 3.05) is 32.8 Å². The fourth-order valence-electron chi connectivity index (χ4n) is 3.36. The molecular weight excluding hydrogens is 440 g/mol. The minimum Gasteiger partial charge on any atom is -0.497 e. The van der Waals surface area contributed by atoms with Crippen molar-refractivity contribution in [3.63, 3.8) is 0 Å². The van der Waals surface area contributed by atoms with E-state index in [1.807, 2.05) is 13.0 Å². The van der Waals surface area contributed by atoms with Crippen molar-refractivity contribution in [3.8, 4) is 11.5 Å². The highest BCUT2D eigenvalue weighted by Gasteiger charge is 2.41. The maximum Gasteiger partial charge on any atom is 0.416 e. The topological polar surface area (TPSA) is 99.7 Å². The molecular formula is C25H32N2O7. The molecule has 2 heterocycles. The largest absolute Gasteiger partial charge is 0.497 e. The monoisotopic (exact) mass is 472 g/mol. The molecule has 0 spiro atoms. The van der Waals surface area contributed by atoms with E-state index >= 15 is 0 Å². The third kappa shape index (κ3) is 6.17. The van der Waals surface area contributed by atoms with Gasteiger partial charge in [-0.2, -0.15) is 0 Å². The summed E-state index contributed by atoms with van der Waals surface area (Å²) in [4.78, 5) is 31.7. The number of epoxide rings is 1. The summed E-state index contributed by atoms with van der Waals surface area (Å²) in [6, 6.07) is 8.56. The molecule has 184 valence electrons. The van der Waals surface area contributed by atoms with Gasteiger partial charge in [-0.1, -0.05) is 0 Å². The van der Waals surface area contributed by atoms with Gasteiger partial charge in [-0.05, 0) is 52.0 Å². The van der Waals surface area contributed by atoms with Crippen LogP contribution in [0.1, 0.15) is 49.3 Å². The first kappa shape index (κ1) is 25.3. The van der Waals surface area contributed by atoms with E-state index in [0.29, 0.717) is 41.6 Å². The first-order valence-electron chi connectivity index (χ1n) is 10.9. The van der Waals surface area contributed by atoms with E-state index < -0.39 is 23.3 Å². The van der Waals surface area contributed by atoms with Gasteiger partial charge in [0.2, 0.25) is 0 Å². The summed E-state index contributed by atoms with van der Waals surface area (Å²) in [7, 11) is 4.44. The summed E-state index contributed by atoms with van der Waals surface area (Å²) >= 11 is 0. The number of methoxy groups -OCH3 is 3. The molecule has 2 aromatic rings. The highest BCUT2D eigenvalue weighted by atomic mass is 16.6. The Morgan fingerprint density at radius 3 is 2.38 bits per heavy atom. The Kier molecular flexibility index (Phi) is 7.35. The van der Waals surface area contributed by atoms with Crippen LogP contribution in [0.5, 0.6) is 11.5 Å². The minimum absolute atomic E-state index is 0.125. The highest BCUT2D eigenvalue weighted by Crippen LogP contribution is 2.33. The summed E-state index contributed by atoms with van der Waals surface area (Å²) in [5.41, 5.74) is 0.425. The van der Waals surface area contributed by atoms with Gasteiger partial charge >= 0.3 is 12.1 Å². The lowest BCUT2D eigenvalue weighted by Crippen LogP contribution is -2.37. The van der Waals surface area contributed by atoms with Crippen LogP contribution in [-0.2, 0) is 27.2 Å². The molecule has 0 radical (unpaired) electrons. The van der Waals surface area contributed by atoms with Crippen LogP contribution in [0.4, 0.5) is 10.6 Å². The quantitative estimate of drug-likeness (QED) is 0.417. The van der Waals surface area contributed by atoms with Gasteiger partial charge in [0.25, 0.3) is 0 Å². The molecule has 1 aromatic carbocycles. The number of pyridine rings is 1. The van der Waals surface area contributed by atoms with Crippen LogP contribution in [0.25, 0.3) is 0 Å². The molecule has 0 saturated carbocycles. The van der Waals surface area contributed by atoms with Gasteiger partial charge < -0.3 is 23.7 Å².